The molecule has 0 amide bonds. The Labute approximate surface area is 115 Å². The second kappa shape index (κ2) is 4.68. The molecule has 1 aromatic heterocycles. The Morgan fingerprint density at radius 1 is 1.35 bits per heavy atom. The summed E-state index contributed by atoms with van der Waals surface area (Å²) in [6, 6.07) is 4.90. The van der Waals surface area contributed by atoms with E-state index < -0.39 is 0 Å². The Morgan fingerprint density at radius 2 is 2.06 bits per heavy atom. The van der Waals surface area contributed by atoms with E-state index in [0.29, 0.717) is 21.3 Å². The highest BCUT2D eigenvalue weighted by Gasteiger charge is 2.13. The van der Waals surface area contributed by atoms with Crippen molar-refractivity contribution in [1.82, 2.24) is 9.97 Å². The molecule has 1 aromatic carbocycles. The third kappa shape index (κ3) is 2.46. The van der Waals surface area contributed by atoms with Crippen LogP contribution in [0.3, 0.4) is 0 Å². The van der Waals surface area contributed by atoms with Crippen LogP contribution in [0, 0.1) is 0 Å². The fraction of sp³-hybridized carbons (Fsp3) is 0. The molecule has 0 fully saturated rings. The molecule has 0 spiro atoms. The van der Waals surface area contributed by atoms with E-state index in [4.69, 9.17) is 28.9 Å². The van der Waals surface area contributed by atoms with Crippen LogP contribution in [-0.4, -0.2) is 9.97 Å². The average molecular weight is 335 g/mol. The number of benzene rings is 1. The molecule has 17 heavy (non-hydrogen) atoms. The Morgan fingerprint density at radius 3 is 2.76 bits per heavy atom. The third-order valence-electron chi connectivity index (χ3n) is 2.06. The summed E-state index contributed by atoms with van der Waals surface area (Å²) in [6.07, 6.45) is 0. The van der Waals surface area contributed by atoms with Crippen LogP contribution in [0.5, 0.6) is 0 Å². The number of nitrogen functional groups attached to an aromatic ring is 1. The van der Waals surface area contributed by atoms with Gasteiger partial charge < -0.3 is 5.73 Å². The second-order valence-corrected chi connectivity index (χ2v) is 4.87. The average Bonchev–Trinajstić information content (AvgIpc) is 2.27. The number of aromatic amines is 1. The molecule has 3 N–H and O–H groups in total. The molecular weight excluding hydrogens is 329 g/mol. The molecule has 0 aliphatic rings. The molecular formula is C10H6BrCl2N3O. The first-order chi connectivity index (χ1) is 7.99. The number of hydrogen-bond donors (Lipinski definition) is 2. The van der Waals surface area contributed by atoms with Crippen LogP contribution in [0.25, 0.3) is 11.3 Å². The Bertz CT molecular complexity index is 642. The Kier molecular flexibility index (Phi) is 3.42. The van der Waals surface area contributed by atoms with Gasteiger partial charge in [0.05, 0.1) is 10.7 Å². The van der Waals surface area contributed by atoms with Gasteiger partial charge in [0.25, 0.3) is 5.56 Å². The van der Waals surface area contributed by atoms with Gasteiger partial charge in [-0.1, -0.05) is 23.2 Å². The van der Waals surface area contributed by atoms with Crippen LogP contribution in [0.15, 0.2) is 27.5 Å². The molecule has 88 valence electrons. The fourth-order valence-electron chi connectivity index (χ4n) is 1.33. The summed E-state index contributed by atoms with van der Waals surface area (Å²) in [5.74, 6) is 0.0178. The standard InChI is InChI=1S/C10H6BrCl2N3O/c11-7-8(15-10(14)16-9(7)17)5-3-4(12)1-2-6(5)13/h1-3H,(H3,14,15,16,17). The van der Waals surface area contributed by atoms with Crippen molar-refractivity contribution in [2.45, 2.75) is 0 Å². The van der Waals surface area contributed by atoms with E-state index in [9.17, 15) is 4.79 Å². The molecule has 0 saturated carbocycles. The molecule has 7 heteroatoms. The maximum Gasteiger partial charge on any atom is 0.267 e. The van der Waals surface area contributed by atoms with E-state index in [1.165, 1.54) is 0 Å². The quantitative estimate of drug-likeness (QED) is 0.841. The smallest absolute Gasteiger partial charge is 0.267 e. The minimum atomic E-state index is -0.372. The van der Waals surface area contributed by atoms with Gasteiger partial charge in [-0.25, -0.2) is 4.98 Å². The lowest BCUT2D eigenvalue weighted by Gasteiger charge is -2.06. The number of nitrogens with one attached hydrogen (secondary N) is 1. The topological polar surface area (TPSA) is 71.8 Å². The summed E-state index contributed by atoms with van der Waals surface area (Å²) in [5, 5.41) is 0.935. The maximum atomic E-state index is 11.5. The van der Waals surface area contributed by atoms with Crippen molar-refractivity contribution in [3.8, 4) is 11.3 Å². The van der Waals surface area contributed by atoms with Crippen molar-refractivity contribution in [2.24, 2.45) is 0 Å². The van der Waals surface area contributed by atoms with E-state index in [1.54, 1.807) is 18.2 Å². The van der Waals surface area contributed by atoms with Crippen LogP contribution < -0.4 is 11.3 Å². The zero-order valence-electron chi connectivity index (χ0n) is 8.30. The van der Waals surface area contributed by atoms with E-state index >= 15 is 0 Å². The van der Waals surface area contributed by atoms with Gasteiger partial charge in [-0.05, 0) is 34.1 Å². The first kappa shape index (κ1) is 12.4. The number of H-pyrrole nitrogens is 1. The first-order valence-corrected chi connectivity index (χ1v) is 6.04. The lowest BCUT2D eigenvalue weighted by Crippen LogP contribution is -2.13. The summed E-state index contributed by atoms with van der Waals surface area (Å²) in [5.41, 5.74) is 6.02. The van der Waals surface area contributed by atoms with Crippen molar-refractivity contribution in [3.63, 3.8) is 0 Å². The fourth-order valence-corrected chi connectivity index (χ4v) is 2.11. The maximum absolute atomic E-state index is 11.5. The lowest BCUT2D eigenvalue weighted by atomic mass is 10.1. The van der Waals surface area contributed by atoms with E-state index in [0.717, 1.165) is 0 Å². The minimum Gasteiger partial charge on any atom is -0.369 e. The zero-order valence-corrected chi connectivity index (χ0v) is 11.4. The third-order valence-corrected chi connectivity index (χ3v) is 3.37. The van der Waals surface area contributed by atoms with Gasteiger partial charge in [-0.2, -0.15) is 0 Å². The van der Waals surface area contributed by atoms with Gasteiger partial charge >= 0.3 is 0 Å². The van der Waals surface area contributed by atoms with Gasteiger partial charge in [-0.15, -0.1) is 0 Å². The molecule has 1 heterocycles. The largest absolute Gasteiger partial charge is 0.369 e. The van der Waals surface area contributed by atoms with Crippen molar-refractivity contribution in [1.29, 1.82) is 0 Å². The summed E-state index contributed by atoms with van der Waals surface area (Å²) >= 11 is 15.1. The highest BCUT2D eigenvalue weighted by molar-refractivity contribution is 9.10. The minimum absolute atomic E-state index is 0.0178. The molecule has 0 atom stereocenters. The van der Waals surface area contributed by atoms with E-state index in [2.05, 4.69) is 25.9 Å². The summed E-state index contributed by atoms with van der Waals surface area (Å²) in [4.78, 5) is 17.9. The predicted octanol–water partition coefficient (Wildman–Crippen LogP) is 3.09. The molecule has 0 saturated heterocycles. The summed E-state index contributed by atoms with van der Waals surface area (Å²) in [6.45, 7) is 0. The molecule has 0 aliphatic heterocycles. The number of halogens is 3. The van der Waals surface area contributed by atoms with Gasteiger partial charge in [0.15, 0.2) is 0 Å². The summed E-state index contributed by atoms with van der Waals surface area (Å²) in [7, 11) is 0. The number of aromatic nitrogens is 2. The van der Waals surface area contributed by atoms with Crippen LogP contribution in [-0.2, 0) is 0 Å². The molecule has 0 unspecified atom stereocenters. The normalized spacial score (nSPS) is 10.5. The second-order valence-electron chi connectivity index (χ2n) is 3.24. The molecule has 0 radical (unpaired) electrons. The van der Waals surface area contributed by atoms with E-state index in [1.807, 2.05) is 0 Å². The van der Waals surface area contributed by atoms with Crippen molar-refractivity contribution >= 4 is 45.1 Å². The number of rotatable bonds is 1. The number of hydrogen-bond acceptors (Lipinski definition) is 3. The van der Waals surface area contributed by atoms with Gasteiger partial charge in [-0.3, -0.25) is 9.78 Å². The Hall–Kier alpha value is -1.04. The SMILES string of the molecule is Nc1nc(-c2cc(Cl)ccc2Cl)c(Br)c(=O)[nH]1. The number of nitrogens with two attached hydrogens (primary N) is 1. The van der Waals surface area contributed by atoms with Crippen molar-refractivity contribution in [3.05, 3.63) is 43.1 Å². The van der Waals surface area contributed by atoms with Gasteiger partial charge in [0, 0.05) is 10.6 Å². The van der Waals surface area contributed by atoms with Gasteiger partial charge in [0.1, 0.15) is 4.47 Å². The van der Waals surface area contributed by atoms with E-state index in [-0.39, 0.29) is 16.0 Å². The molecule has 0 bridgehead atoms. The molecule has 0 aliphatic carbocycles. The van der Waals surface area contributed by atoms with Crippen LogP contribution in [0.4, 0.5) is 5.95 Å². The Balaban J connectivity index is 2.76. The zero-order chi connectivity index (χ0) is 12.6. The molecule has 2 rings (SSSR count). The summed E-state index contributed by atoms with van der Waals surface area (Å²) < 4.78 is 0.260. The van der Waals surface area contributed by atoms with Crippen LogP contribution in [0.1, 0.15) is 0 Å². The molecule has 2 aromatic rings. The lowest BCUT2D eigenvalue weighted by molar-refractivity contribution is 1.12. The highest BCUT2D eigenvalue weighted by atomic mass is 79.9. The van der Waals surface area contributed by atoms with Crippen LogP contribution >= 0.6 is 39.1 Å². The predicted molar refractivity (Wildman–Crippen MR) is 72.4 cm³/mol. The van der Waals surface area contributed by atoms with Crippen LogP contribution in [0.2, 0.25) is 10.0 Å². The first-order valence-electron chi connectivity index (χ1n) is 4.49. The van der Waals surface area contributed by atoms with Gasteiger partial charge in [0.2, 0.25) is 5.95 Å². The van der Waals surface area contributed by atoms with Crippen molar-refractivity contribution < 1.29 is 0 Å². The molecule has 4 nitrogen and oxygen atoms in total. The highest BCUT2D eigenvalue weighted by Crippen LogP contribution is 2.32. The monoisotopic (exact) mass is 333 g/mol. The number of nitrogens with zero attached hydrogens (tertiary/aromatic N) is 1. The number of anilines is 1. The van der Waals surface area contributed by atoms with Crippen molar-refractivity contribution in [2.75, 3.05) is 5.73 Å².